The first-order chi connectivity index (χ1) is 9.29. The van der Waals surface area contributed by atoms with Gasteiger partial charge in [0.1, 0.15) is 0 Å². The predicted molar refractivity (Wildman–Crippen MR) is 70.4 cm³/mol. The minimum absolute atomic E-state index is 0.701. The molecule has 0 aliphatic rings. The summed E-state index contributed by atoms with van der Waals surface area (Å²) in [7, 11) is -8.30. The van der Waals surface area contributed by atoms with Crippen LogP contribution in [-0.4, -0.2) is 53.2 Å². The van der Waals surface area contributed by atoms with Gasteiger partial charge in [-0.2, -0.15) is 26.3 Å². The Kier molecular flexibility index (Phi) is 8.16. The van der Waals surface area contributed by atoms with Crippen molar-refractivity contribution >= 4 is 36.0 Å². The summed E-state index contributed by atoms with van der Waals surface area (Å²) in [4.78, 5) is 9.76. The number of hydrogen-bond acceptors (Lipinski definition) is 4. The van der Waals surface area contributed by atoms with Gasteiger partial charge in [0.15, 0.2) is 5.92 Å². The van der Waals surface area contributed by atoms with E-state index in [-0.39, 0.29) is 0 Å². The first-order valence-electron chi connectivity index (χ1n) is 5.86. The molecule has 0 saturated carbocycles. The maximum Gasteiger partial charge on any atom is 0.400 e. The van der Waals surface area contributed by atoms with Crippen LogP contribution in [0.25, 0.3) is 0 Å². The molecule has 2 atom stereocenters. The molecule has 0 rings (SSSR count). The quantitative estimate of drug-likeness (QED) is 0.493. The highest BCUT2D eigenvalue weighted by molar-refractivity contribution is 7.03. The Bertz CT molecular complexity index is 322. The number of hydrogen-bond donors (Lipinski definition) is 1. The maximum absolute atomic E-state index is 12.3. The average Bonchev–Trinajstić information content (AvgIpc) is 2.24. The molecule has 0 heterocycles. The summed E-state index contributed by atoms with van der Waals surface area (Å²) in [5.74, 6) is -3.48. The van der Waals surface area contributed by atoms with Crippen molar-refractivity contribution in [1.29, 1.82) is 0 Å². The fourth-order valence-corrected chi connectivity index (χ4v) is 7.19. The molecule has 0 bridgehead atoms. The van der Waals surface area contributed by atoms with Crippen LogP contribution in [0.2, 0.25) is 19.1 Å². The third-order valence-electron chi connectivity index (χ3n) is 2.58. The van der Waals surface area contributed by atoms with E-state index >= 15 is 0 Å². The van der Waals surface area contributed by atoms with E-state index in [9.17, 15) is 35.6 Å². The highest BCUT2D eigenvalue weighted by Gasteiger charge is 2.56. The van der Waals surface area contributed by atoms with Gasteiger partial charge in [-0.1, -0.05) is 0 Å². The highest BCUT2D eigenvalue weighted by atomic mass is 29.2. The summed E-state index contributed by atoms with van der Waals surface area (Å²) in [5, 5.41) is 0. The van der Waals surface area contributed by atoms with E-state index < -0.39 is 66.8 Å². The molecule has 0 aromatic carbocycles. The zero-order valence-electron chi connectivity index (χ0n) is 11.3. The van der Waals surface area contributed by atoms with Crippen LogP contribution in [0.15, 0.2) is 0 Å². The summed E-state index contributed by atoms with van der Waals surface area (Å²) in [6, 6.07) is -0.701. The topological polar surface area (TPSA) is 55.8 Å². The van der Waals surface area contributed by atoms with Gasteiger partial charge in [0, 0.05) is 0 Å². The number of halogens is 6. The van der Waals surface area contributed by atoms with Crippen LogP contribution in [0, 0.1) is 5.92 Å². The van der Waals surface area contributed by atoms with Crippen LogP contribution in [0.4, 0.5) is 26.3 Å². The molecule has 0 saturated heterocycles. The van der Waals surface area contributed by atoms with E-state index in [2.05, 4.69) is 0 Å². The molecule has 0 aliphatic heterocycles. The minimum Gasteiger partial charge on any atom is -0.440 e. The van der Waals surface area contributed by atoms with Gasteiger partial charge in [0.2, 0.25) is 8.56 Å². The lowest BCUT2D eigenvalue weighted by Gasteiger charge is -2.26. The fourth-order valence-electron chi connectivity index (χ4n) is 1.30. The van der Waals surface area contributed by atoms with Gasteiger partial charge in [-0.3, -0.25) is 0 Å². The standard InChI is InChI=1S/C7H16F6O4Si4/c1-20(18-14)16-19-17-21(2,15)4-3-5(6(8,9)10)7(11,12)13/h5,15,18,20H,3-4,19H2,1-2H3. The molecule has 21 heavy (non-hydrogen) atoms. The zero-order valence-corrected chi connectivity index (χ0v) is 16.0. The van der Waals surface area contributed by atoms with Crippen molar-refractivity contribution < 1.29 is 43.8 Å². The van der Waals surface area contributed by atoms with E-state index in [1.807, 2.05) is 0 Å². The van der Waals surface area contributed by atoms with E-state index in [0.29, 0.717) is 0 Å². The lowest BCUT2D eigenvalue weighted by Crippen LogP contribution is -2.42. The maximum atomic E-state index is 12.3. The predicted octanol–water partition coefficient (Wildman–Crippen LogP) is 0.846. The molecule has 0 radical (unpaired) electrons. The third kappa shape index (κ3) is 8.99. The number of alkyl halides is 6. The monoisotopic (exact) mass is 390 g/mol. The van der Waals surface area contributed by atoms with E-state index in [0.717, 1.165) is 6.55 Å². The highest BCUT2D eigenvalue weighted by Crippen LogP contribution is 2.42. The smallest absolute Gasteiger partial charge is 0.400 e. The lowest BCUT2D eigenvalue weighted by molar-refractivity contribution is -0.284. The summed E-state index contributed by atoms with van der Waals surface area (Å²) >= 11 is 0. The number of rotatable bonds is 8. The van der Waals surface area contributed by atoms with Crippen LogP contribution < -0.4 is 0 Å². The molecule has 0 aromatic rings. The minimum atomic E-state index is -5.41. The second-order valence-electron chi connectivity index (χ2n) is 4.62. The molecular weight excluding hydrogens is 374 g/mol. The first kappa shape index (κ1) is 21.1. The summed E-state index contributed by atoms with van der Waals surface area (Å²) < 4.78 is 94.5. The van der Waals surface area contributed by atoms with Gasteiger partial charge < -0.3 is 17.5 Å². The lowest BCUT2D eigenvalue weighted by atomic mass is 10.1. The van der Waals surface area contributed by atoms with Crippen LogP contribution in [0.1, 0.15) is 6.42 Å². The Hall–Kier alpha value is 0.128. The molecule has 0 fully saturated rings. The first-order valence-corrected chi connectivity index (χ1v) is 14.3. The molecule has 4 nitrogen and oxygen atoms in total. The van der Waals surface area contributed by atoms with E-state index in [1.54, 1.807) is 6.55 Å². The Morgan fingerprint density at radius 3 is 2.14 bits per heavy atom. The van der Waals surface area contributed by atoms with E-state index in [4.69, 9.17) is 8.23 Å². The van der Waals surface area contributed by atoms with Gasteiger partial charge in [0.25, 0.3) is 18.9 Å². The largest absolute Gasteiger partial charge is 0.440 e. The van der Waals surface area contributed by atoms with Crippen LogP contribution >= 0.6 is 0 Å². The second-order valence-corrected chi connectivity index (χ2v) is 15.5. The molecule has 0 spiro atoms. The SMILES string of the molecule is C[SiH](O[SiH2]O[Si](C)(O)CCC(C(F)(F)F)C(F)(F)F)[SiH]=O. The van der Waals surface area contributed by atoms with Gasteiger partial charge in [-0.05, 0) is 25.6 Å². The van der Waals surface area contributed by atoms with Crippen molar-refractivity contribution in [3.8, 4) is 0 Å². The average molecular weight is 391 g/mol. The van der Waals surface area contributed by atoms with Gasteiger partial charge in [0.05, 0.1) is 0 Å². The zero-order chi connectivity index (χ0) is 16.9. The molecule has 126 valence electrons. The van der Waals surface area contributed by atoms with E-state index in [1.165, 1.54) is 0 Å². The Morgan fingerprint density at radius 2 is 1.76 bits per heavy atom. The molecule has 0 aromatic heterocycles. The molecule has 1 N–H and O–H groups in total. The molecule has 2 unspecified atom stereocenters. The van der Waals surface area contributed by atoms with Crippen molar-refractivity contribution in [1.82, 2.24) is 0 Å². The van der Waals surface area contributed by atoms with Crippen molar-refractivity contribution in [3.63, 3.8) is 0 Å². The van der Waals surface area contributed by atoms with Crippen LogP contribution in [-0.2, 0) is 12.7 Å². The van der Waals surface area contributed by atoms with Crippen molar-refractivity contribution in [2.24, 2.45) is 5.92 Å². The molecular formula is C7H16F6O4Si4. The van der Waals surface area contributed by atoms with Crippen LogP contribution in [0.5, 0.6) is 0 Å². The van der Waals surface area contributed by atoms with Crippen molar-refractivity contribution in [2.45, 2.75) is 37.9 Å². The van der Waals surface area contributed by atoms with Crippen molar-refractivity contribution in [2.75, 3.05) is 0 Å². The summed E-state index contributed by atoms with van der Waals surface area (Å²) in [5.41, 5.74) is 0. The molecule has 0 amide bonds. The van der Waals surface area contributed by atoms with Gasteiger partial charge >= 0.3 is 20.9 Å². The summed E-state index contributed by atoms with van der Waals surface area (Å²) in [6.45, 7) is 2.74. The second kappa shape index (κ2) is 8.11. The normalized spacial score (nSPS) is 18.2. The Balaban J connectivity index is 4.47. The Morgan fingerprint density at radius 1 is 1.29 bits per heavy atom. The van der Waals surface area contributed by atoms with Crippen molar-refractivity contribution in [3.05, 3.63) is 0 Å². The van der Waals surface area contributed by atoms with Crippen LogP contribution in [0.3, 0.4) is 0 Å². The molecule has 0 aliphatic carbocycles. The molecule has 14 heteroatoms. The third-order valence-corrected chi connectivity index (χ3v) is 12.7. The fraction of sp³-hybridized carbons (Fsp3) is 1.00. The summed E-state index contributed by atoms with van der Waals surface area (Å²) in [6.07, 6.45) is -12.1. The van der Waals surface area contributed by atoms with Gasteiger partial charge in [-0.15, -0.1) is 0 Å². The Labute approximate surface area is 124 Å². The van der Waals surface area contributed by atoms with Gasteiger partial charge in [-0.25, -0.2) is 0 Å².